The largest absolute Gasteiger partial charge is 0.302 e. The monoisotopic (exact) mass is 318 g/mol. The lowest BCUT2D eigenvalue weighted by molar-refractivity contribution is 0.233. The zero-order valence-electron chi connectivity index (χ0n) is 13.4. The maximum Gasteiger partial charge on any atom is 0.0660 e. The van der Waals surface area contributed by atoms with Gasteiger partial charge in [-0.15, -0.1) is 0 Å². The molecule has 1 fully saturated rings. The quantitative estimate of drug-likeness (QED) is 0.866. The van der Waals surface area contributed by atoms with Crippen LogP contribution >= 0.6 is 11.6 Å². The number of nitrogens with zero attached hydrogens (tertiary/aromatic N) is 4. The van der Waals surface area contributed by atoms with Crippen LogP contribution in [0.15, 0.2) is 36.7 Å². The normalized spacial score (nSPS) is 22.6. The lowest BCUT2D eigenvalue weighted by Crippen LogP contribution is -2.33. The first-order valence-electron chi connectivity index (χ1n) is 7.73. The van der Waals surface area contributed by atoms with Crippen molar-refractivity contribution in [1.29, 1.82) is 0 Å². The van der Waals surface area contributed by atoms with Crippen molar-refractivity contribution in [2.75, 3.05) is 20.6 Å². The second-order valence-corrected chi connectivity index (χ2v) is 6.80. The summed E-state index contributed by atoms with van der Waals surface area (Å²) in [6.45, 7) is 4.36. The van der Waals surface area contributed by atoms with Crippen LogP contribution in [0.1, 0.15) is 18.9 Å². The molecule has 0 aliphatic carbocycles. The first-order valence-corrected chi connectivity index (χ1v) is 8.10. The Kier molecular flexibility index (Phi) is 4.52. The summed E-state index contributed by atoms with van der Waals surface area (Å²) in [5.74, 6) is 0. The minimum atomic E-state index is 0.620. The average Bonchev–Trinajstić information content (AvgIpc) is 3.07. The van der Waals surface area contributed by atoms with Crippen LogP contribution in [0.4, 0.5) is 0 Å². The molecule has 1 aliphatic heterocycles. The van der Waals surface area contributed by atoms with Gasteiger partial charge in [-0.1, -0.05) is 17.7 Å². The minimum absolute atomic E-state index is 0.620. The fraction of sp³-hybridized carbons (Fsp3) is 0.471. The molecule has 3 rings (SSSR count). The lowest BCUT2D eigenvalue weighted by atomic mass is 10.1. The van der Waals surface area contributed by atoms with E-state index >= 15 is 0 Å². The molecular weight excluding hydrogens is 296 g/mol. The van der Waals surface area contributed by atoms with Gasteiger partial charge in [0.2, 0.25) is 0 Å². The molecule has 1 aromatic heterocycles. The highest BCUT2D eigenvalue weighted by atomic mass is 35.5. The van der Waals surface area contributed by atoms with Gasteiger partial charge in [0.05, 0.1) is 11.9 Å². The summed E-state index contributed by atoms with van der Waals surface area (Å²) in [6.07, 6.45) is 5.26. The molecule has 22 heavy (non-hydrogen) atoms. The van der Waals surface area contributed by atoms with Gasteiger partial charge in [-0.2, -0.15) is 5.10 Å². The average molecular weight is 319 g/mol. The molecule has 4 nitrogen and oxygen atoms in total. The number of aromatic nitrogens is 2. The molecule has 0 bridgehead atoms. The van der Waals surface area contributed by atoms with E-state index in [1.807, 2.05) is 35.1 Å². The van der Waals surface area contributed by atoms with E-state index in [4.69, 9.17) is 11.6 Å². The minimum Gasteiger partial charge on any atom is -0.302 e. The molecule has 5 heteroatoms. The highest BCUT2D eigenvalue weighted by Gasteiger charge is 2.28. The Labute approximate surface area is 137 Å². The highest BCUT2D eigenvalue weighted by Crippen LogP contribution is 2.21. The standard InChI is InChI=1S/C17H23ClN4/c1-13-7-17(12-20(13)2)21(3)10-14-9-19-22(11-14)16-6-4-5-15(18)8-16/h4-6,8-9,11,13,17H,7,10,12H2,1-3H3/t13-,17+/m1/s1. The van der Waals surface area contributed by atoms with Crippen LogP contribution in [-0.4, -0.2) is 52.3 Å². The number of halogens is 1. The number of likely N-dealkylation sites (tertiary alicyclic amines) is 1. The summed E-state index contributed by atoms with van der Waals surface area (Å²) in [4.78, 5) is 4.86. The molecule has 2 aromatic rings. The van der Waals surface area contributed by atoms with Crippen molar-refractivity contribution in [1.82, 2.24) is 19.6 Å². The topological polar surface area (TPSA) is 24.3 Å². The van der Waals surface area contributed by atoms with Crippen LogP contribution < -0.4 is 0 Å². The van der Waals surface area contributed by atoms with Crippen molar-refractivity contribution in [2.45, 2.75) is 32.0 Å². The zero-order chi connectivity index (χ0) is 15.7. The van der Waals surface area contributed by atoms with Gasteiger partial charge in [0.15, 0.2) is 0 Å². The van der Waals surface area contributed by atoms with E-state index in [-0.39, 0.29) is 0 Å². The molecule has 2 atom stereocenters. The fourth-order valence-corrected chi connectivity index (χ4v) is 3.28. The summed E-state index contributed by atoms with van der Waals surface area (Å²) < 4.78 is 1.89. The van der Waals surface area contributed by atoms with Crippen LogP contribution in [0.5, 0.6) is 0 Å². The second-order valence-electron chi connectivity index (χ2n) is 6.37. The molecule has 118 valence electrons. The second kappa shape index (κ2) is 6.41. The molecular formula is C17H23ClN4. The van der Waals surface area contributed by atoms with Crippen LogP contribution in [0.2, 0.25) is 5.02 Å². The predicted octanol–water partition coefficient (Wildman–Crippen LogP) is 3.05. The van der Waals surface area contributed by atoms with Gasteiger partial charge < -0.3 is 4.90 Å². The Morgan fingerprint density at radius 1 is 1.41 bits per heavy atom. The molecule has 0 unspecified atom stereocenters. The van der Waals surface area contributed by atoms with Crippen molar-refractivity contribution < 1.29 is 0 Å². The summed E-state index contributed by atoms with van der Waals surface area (Å²) in [7, 11) is 4.41. The number of hydrogen-bond acceptors (Lipinski definition) is 3. The Morgan fingerprint density at radius 3 is 2.91 bits per heavy atom. The van der Waals surface area contributed by atoms with Crippen molar-refractivity contribution in [3.05, 3.63) is 47.2 Å². The lowest BCUT2D eigenvalue weighted by Gasteiger charge is -2.23. The number of benzene rings is 1. The third-order valence-corrected chi connectivity index (χ3v) is 4.86. The number of likely N-dealkylation sites (N-methyl/N-ethyl adjacent to an activating group) is 2. The summed E-state index contributed by atoms with van der Waals surface area (Å²) >= 11 is 6.05. The fourth-order valence-electron chi connectivity index (χ4n) is 3.10. The van der Waals surface area contributed by atoms with Gasteiger partial charge in [-0.25, -0.2) is 4.68 Å². The van der Waals surface area contributed by atoms with Crippen molar-refractivity contribution in [3.8, 4) is 5.69 Å². The van der Waals surface area contributed by atoms with Crippen LogP contribution in [-0.2, 0) is 6.54 Å². The number of hydrogen-bond donors (Lipinski definition) is 0. The smallest absolute Gasteiger partial charge is 0.0660 e. The molecule has 1 aliphatic rings. The van der Waals surface area contributed by atoms with Gasteiger partial charge in [-0.05, 0) is 45.6 Å². The van der Waals surface area contributed by atoms with E-state index in [1.54, 1.807) is 0 Å². The molecule has 1 saturated heterocycles. The van der Waals surface area contributed by atoms with E-state index in [9.17, 15) is 0 Å². The molecule has 1 aromatic carbocycles. The van der Waals surface area contributed by atoms with E-state index in [2.05, 4.69) is 42.1 Å². The van der Waals surface area contributed by atoms with Crippen molar-refractivity contribution in [2.24, 2.45) is 0 Å². The Bertz CT molecular complexity index is 629. The van der Waals surface area contributed by atoms with Crippen molar-refractivity contribution in [3.63, 3.8) is 0 Å². The van der Waals surface area contributed by atoms with Gasteiger partial charge in [0.25, 0.3) is 0 Å². The Hall–Kier alpha value is -1.36. The van der Waals surface area contributed by atoms with E-state index in [0.29, 0.717) is 12.1 Å². The molecule has 2 heterocycles. The van der Waals surface area contributed by atoms with Gasteiger partial charge in [0.1, 0.15) is 0 Å². The molecule has 0 radical (unpaired) electrons. The third-order valence-electron chi connectivity index (χ3n) is 4.63. The molecule has 0 amide bonds. The molecule has 0 saturated carbocycles. The zero-order valence-corrected chi connectivity index (χ0v) is 14.2. The summed E-state index contributed by atoms with van der Waals surface area (Å²) in [5, 5.41) is 5.19. The molecule has 0 spiro atoms. The SMILES string of the molecule is C[C@@H]1C[C@H](N(C)Cc2cnn(-c3cccc(Cl)c3)c2)CN1C. The van der Waals surface area contributed by atoms with Crippen LogP contribution in [0.25, 0.3) is 5.69 Å². The predicted molar refractivity (Wildman–Crippen MR) is 90.5 cm³/mol. The third kappa shape index (κ3) is 3.35. The Balaban J connectivity index is 1.67. The van der Waals surface area contributed by atoms with Crippen LogP contribution in [0.3, 0.4) is 0 Å². The molecule has 0 N–H and O–H groups in total. The van der Waals surface area contributed by atoms with Crippen molar-refractivity contribution >= 4 is 11.6 Å². The highest BCUT2D eigenvalue weighted by molar-refractivity contribution is 6.30. The summed E-state index contributed by atoms with van der Waals surface area (Å²) in [5.41, 5.74) is 2.22. The Morgan fingerprint density at radius 2 is 2.23 bits per heavy atom. The van der Waals surface area contributed by atoms with Gasteiger partial charge in [-0.3, -0.25) is 4.90 Å². The van der Waals surface area contributed by atoms with Gasteiger partial charge >= 0.3 is 0 Å². The summed E-state index contributed by atoms with van der Waals surface area (Å²) in [6, 6.07) is 9.05. The van der Waals surface area contributed by atoms with Gasteiger partial charge in [0, 0.05) is 42.0 Å². The van der Waals surface area contributed by atoms with E-state index in [1.165, 1.54) is 12.0 Å². The number of rotatable bonds is 4. The maximum atomic E-state index is 6.05. The van der Waals surface area contributed by atoms with E-state index < -0.39 is 0 Å². The first-order chi connectivity index (χ1) is 10.5. The van der Waals surface area contributed by atoms with Crippen LogP contribution in [0, 0.1) is 0 Å². The maximum absolute atomic E-state index is 6.05. The first kappa shape index (κ1) is 15.5. The van der Waals surface area contributed by atoms with E-state index in [0.717, 1.165) is 23.8 Å².